The molecule has 0 saturated heterocycles. The van der Waals surface area contributed by atoms with Crippen molar-refractivity contribution in [2.45, 2.75) is 26.3 Å². The molecule has 0 aliphatic rings. The Morgan fingerprint density at radius 1 is 1.33 bits per heavy atom. The number of benzene rings is 1. The lowest BCUT2D eigenvalue weighted by Crippen LogP contribution is -2.35. The molecule has 0 bridgehead atoms. The molecule has 0 spiro atoms. The van der Waals surface area contributed by atoms with Crippen LogP contribution in [0.3, 0.4) is 0 Å². The smallest absolute Gasteiger partial charge is 0.315 e. The number of halogens is 3. The summed E-state index contributed by atoms with van der Waals surface area (Å²) in [6, 6.07) is 7.95. The summed E-state index contributed by atoms with van der Waals surface area (Å²) in [6.45, 7) is 4.01. The molecule has 0 fully saturated rings. The Morgan fingerprint density at radius 2 is 2.11 bits per heavy atom. The Morgan fingerprint density at radius 3 is 2.70 bits per heavy atom. The highest BCUT2D eigenvalue weighted by Gasteiger charge is 2.15. The van der Waals surface area contributed by atoms with Gasteiger partial charge in [-0.2, -0.15) is 8.78 Å². The second kappa shape index (κ2) is 9.87. The number of pyridine rings is 1. The van der Waals surface area contributed by atoms with E-state index in [-0.39, 0.29) is 0 Å². The standard InChI is InChI=1S/C19H19ClF2N2O3/c1-3-26-14-7-8-16(15(20)10-14)27-17-9-6-13(11-23-17)5-4-12(2)24-19(25)18(21)22/h4-12,18H,3H2,1-2H3,(H,24,25)/b5-4+/t12-/m0/s1. The van der Waals surface area contributed by atoms with Gasteiger partial charge in [-0.15, -0.1) is 0 Å². The van der Waals surface area contributed by atoms with Crippen molar-refractivity contribution in [2.24, 2.45) is 0 Å². The lowest BCUT2D eigenvalue weighted by molar-refractivity contribution is -0.132. The minimum atomic E-state index is -3.03. The quantitative estimate of drug-likeness (QED) is 0.702. The number of alkyl halides is 2. The van der Waals surface area contributed by atoms with Gasteiger partial charge in [0.15, 0.2) is 0 Å². The van der Waals surface area contributed by atoms with E-state index in [9.17, 15) is 13.6 Å². The van der Waals surface area contributed by atoms with E-state index in [2.05, 4.69) is 10.3 Å². The summed E-state index contributed by atoms with van der Waals surface area (Å²) in [5, 5.41) is 2.57. The van der Waals surface area contributed by atoms with Crippen LogP contribution in [0, 0.1) is 0 Å². The van der Waals surface area contributed by atoms with Crippen molar-refractivity contribution in [3.8, 4) is 17.4 Å². The zero-order valence-corrected chi connectivity index (χ0v) is 15.5. The number of rotatable bonds is 8. The van der Waals surface area contributed by atoms with E-state index in [1.165, 1.54) is 0 Å². The number of nitrogens with zero attached hydrogens (tertiary/aromatic N) is 1. The fourth-order valence-electron chi connectivity index (χ4n) is 2.08. The highest BCUT2D eigenvalue weighted by molar-refractivity contribution is 6.32. The van der Waals surface area contributed by atoms with E-state index in [0.29, 0.717) is 29.0 Å². The molecule has 5 nitrogen and oxygen atoms in total. The molecule has 2 rings (SSSR count). The van der Waals surface area contributed by atoms with Crippen LogP contribution in [-0.2, 0) is 4.79 Å². The molecular formula is C19H19ClF2N2O3. The molecule has 0 radical (unpaired) electrons. The molecule has 0 saturated carbocycles. The average molecular weight is 397 g/mol. The van der Waals surface area contributed by atoms with Gasteiger partial charge in [0.25, 0.3) is 5.91 Å². The first-order valence-electron chi connectivity index (χ1n) is 8.22. The van der Waals surface area contributed by atoms with Crippen molar-refractivity contribution >= 4 is 23.6 Å². The van der Waals surface area contributed by atoms with E-state index in [1.54, 1.807) is 55.6 Å². The average Bonchev–Trinajstić information content (AvgIpc) is 2.63. The Kier molecular flexibility index (Phi) is 7.55. The molecule has 0 aliphatic heterocycles. The fraction of sp³-hybridized carbons (Fsp3) is 0.263. The molecule has 27 heavy (non-hydrogen) atoms. The molecule has 0 aliphatic carbocycles. The van der Waals surface area contributed by atoms with E-state index in [0.717, 1.165) is 5.56 Å². The highest BCUT2D eigenvalue weighted by atomic mass is 35.5. The Balaban J connectivity index is 1.97. The fourth-order valence-corrected chi connectivity index (χ4v) is 2.28. The van der Waals surface area contributed by atoms with Gasteiger partial charge < -0.3 is 14.8 Å². The van der Waals surface area contributed by atoms with Crippen molar-refractivity contribution in [1.82, 2.24) is 10.3 Å². The van der Waals surface area contributed by atoms with Gasteiger partial charge in [0.1, 0.15) is 11.5 Å². The van der Waals surface area contributed by atoms with Gasteiger partial charge >= 0.3 is 6.43 Å². The zero-order chi connectivity index (χ0) is 19.8. The molecule has 1 N–H and O–H groups in total. The van der Waals surface area contributed by atoms with E-state index in [1.807, 2.05) is 6.92 Å². The van der Waals surface area contributed by atoms with Crippen LogP contribution in [0.2, 0.25) is 5.02 Å². The Hall–Kier alpha value is -2.67. The summed E-state index contributed by atoms with van der Waals surface area (Å²) in [5.41, 5.74) is 0.721. The topological polar surface area (TPSA) is 60.5 Å². The van der Waals surface area contributed by atoms with Crippen LogP contribution in [-0.4, -0.2) is 30.0 Å². The van der Waals surface area contributed by atoms with Gasteiger partial charge in [-0.05, 0) is 37.6 Å². The number of hydrogen-bond acceptors (Lipinski definition) is 4. The third kappa shape index (κ3) is 6.53. The molecule has 1 amide bonds. The zero-order valence-electron chi connectivity index (χ0n) is 14.8. The summed E-state index contributed by atoms with van der Waals surface area (Å²) in [4.78, 5) is 15.1. The number of carbonyl (C=O) groups is 1. The van der Waals surface area contributed by atoms with Gasteiger partial charge in [-0.25, -0.2) is 4.98 Å². The second-order valence-corrected chi connectivity index (χ2v) is 5.92. The number of hydrogen-bond donors (Lipinski definition) is 1. The molecule has 1 aromatic heterocycles. The van der Waals surface area contributed by atoms with Crippen LogP contribution in [0.5, 0.6) is 17.4 Å². The predicted molar refractivity (Wildman–Crippen MR) is 99.6 cm³/mol. The van der Waals surface area contributed by atoms with E-state index < -0.39 is 18.4 Å². The van der Waals surface area contributed by atoms with Crippen LogP contribution < -0.4 is 14.8 Å². The van der Waals surface area contributed by atoms with Crippen molar-refractivity contribution in [2.75, 3.05) is 6.61 Å². The summed E-state index contributed by atoms with van der Waals surface area (Å²) >= 11 is 6.16. The lowest BCUT2D eigenvalue weighted by atomic mass is 10.2. The Labute approximate surface area is 161 Å². The minimum Gasteiger partial charge on any atom is -0.494 e. The van der Waals surface area contributed by atoms with Crippen LogP contribution in [0.1, 0.15) is 19.4 Å². The number of carbonyl (C=O) groups excluding carboxylic acids is 1. The monoisotopic (exact) mass is 396 g/mol. The molecule has 8 heteroatoms. The molecular weight excluding hydrogens is 378 g/mol. The van der Waals surface area contributed by atoms with Gasteiger partial charge in [0.05, 0.1) is 11.6 Å². The van der Waals surface area contributed by atoms with Gasteiger partial charge in [0, 0.05) is 24.4 Å². The van der Waals surface area contributed by atoms with Crippen molar-refractivity contribution < 1.29 is 23.0 Å². The largest absolute Gasteiger partial charge is 0.494 e. The first kappa shape index (κ1) is 20.6. The van der Waals surface area contributed by atoms with Crippen LogP contribution >= 0.6 is 11.6 Å². The van der Waals surface area contributed by atoms with Crippen molar-refractivity contribution in [3.63, 3.8) is 0 Å². The molecule has 144 valence electrons. The van der Waals surface area contributed by atoms with Gasteiger partial charge in [0.2, 0.25) is 5.88 Å². The number of aromatic nitrogens is 1. The maximum Gasteiger partial charge on any atom is 0.315 e. The number of amides is 1. The lowest BCUT2D eigenvalue weighted by Gasteiger charge is -2.09. The number of nitrogens with one attached hydrogen (secondary N) is 1. The summed E-state index contributed by atoms with van der Waals surface area (Å²) < 4.78 is 35.4. The van der Waals surface area contributed by atoms with Crippen LogP contribution in [0.25, 0.3) is 6.08 Å². The van der Waals surface area contributed by atoms with E-state index >= 15 is 0 Å². The first-order valence-corrected chi connectivity index (χ1v) is 8.59. The minimum absolute atomic E-state index is 0.345. The van der Waals surface area contributed by atoms with Crippen LogP contribution in [0.15, 0.2) is 42.6 Å². The molecule has 0 unspecified atom stereocenters. The SMILES string of the molecule is CCOc1ccc(Oc2ccc(/C=C/[C@H](C)NC(=O)C(F)F)cn2)c(Cl)c1. The van der Waals surface area contributed by atoms with Crippen molar-refractivity contribution in [3.05, 3.63) is 53.2 Å². The normalized spacial score (nSPS) is 12.2. The summed E-state index contributed by atoms with van der Waals surface area (Å²) in [6.07, 6.45) is 1.77. The molecule has 2 aromatic rings. The third-order valence-electron chi connectivity index (χ3n) is 3.33. The third-order valence-corrected chi connectivity index (χ3v) is 3.63. The van der Waals surface area contributed by atoms with Gasteiger partial charge in [-0.1, -0.05) is 23.8 Å². The van der Waals surface area contributed by atoms with Crippen LogP contribution in [0.4, 0.5) is 8.78 Å². The second-order valence-electron chi connectivity index (χ2n) is 5.51. The molecule has 1 heterocycles. The first-order chi connectivity index (χ1) is 12.9. The summed E-state index contributed by atoms with van der Waals surface area (Å²) in [5.74, 6) is 0.133. The Bertz CT molecular complexity index is 798. The molecule has 1 atom stereocenters. The maximum absolute atomic E-state index is 12.2. The molecule has 1 aromatic carbocycles. The number of ether oxygens (including phenoxy) is 2. The van der Waals surface area contributed by atoms with Crippen molar-refractivity contribution in [1.29, 1.82) is 0 Å². The maximum atomic E-state index is 12.2. The van der Waals surface area contributed by atoms with E-state index in [4.69, 9.17) is 21.1 Å². The predicted octanol–water partition coefficient (Wildman–Crippen LogP) is 4.71. The van der Waals surface area contributed by atoms with Gasteiger partial charge in [-0.3, -0.25) is 4.79 Å². The summed E-state index contributed by atoms with van der Waals surface area (Å²) in [7, 11) is 0. The highest BCUT2D eigenvalue weighted by Crippen LogP contribution is 2.31.